The molecular weight excluding hydrogens is 414 g/mol. The topological polar surface area (TPSA) is 4.93 Å². The lowest BCUT2D eigenvalue weighted by atomic mass is 10.0. The van der Waals surface area contributed by atoms with Crippen molar-refractivity contribution in [2.45, 2.75) is 12.8 Å². The van der Waals surface area contributed by atoms with Crippen LogP contribution >= 0.6 is 22.7 Å². The van der Waals surface area contributed by atoms with Crippen LogP contribution in [0, 0.1) is 0 Å². The summed E-state index contributed by atoms with van der Waals surface area (Å²) in [5, 5.41) is 4.23. The van der Waals surface area contributed by atoms with Crippen molar-refractivity contribution in [2.24, 2.45) is 0 Å². The lowest BCUT2D eigenvalue weighted by Crippen LogP contribution is -1.95. The molecule has 0 amide bonds. The van der Waals surface area contributed by atoms with Gasteiger partial charge in [0.05, 0.1) is 5.69 Å². The molecule has 0 unspecified atom stereocenters. The van der Waals surface area contributed by atoms with Gasteiger partial charge in [-0.05, 0) is 36.1 Å². The number of allylic oxidation sites excluding steroid dienone is 1. The zero-order valence-corrected chi connectivity index (χ0v) is 18.5. The molecule has 1 aliphatic carbocycles. The minimum absolute atomic E-state index is 1.14. The van der Waals surface area contributed by atoms with E-state index in [2.05, 4.69) is 95.6 Å². The number of benzene rings is 3. The van der Waals surface area contributed by atoms with E-state index in [1.54, 1.807) is 0 Å². The Labute approximate surface area is 188 Å². The summed E-state index contributed by atoms with van der Waals surface area (Å²) in [5.41, 5.74) is 5.25. The van der Waals surface area contributed by atoms with E-state index in [-0.39, 0.29) is 0 Å². The second kappa shape index (κ2) is 6.68. The highest BCUT2D eigenvalue weighted by Crippen LogP contribution is 2.49. The highest BCUT2D eigenvalue weighted by Gasteiger charge is 2.25. The van der Waals surface area contributed by atoms with E-state index in [1.165, 1.54) is 57.8 Å². The molecule has 0 atom stereocenters. The summed E-state index contributed by atoms with van der Waals surface area (Å²) < 4.78 is 3.90. The van der Waals surface area contributed by atoms with E-state index < -0.39 is 0 Å². The first-order valence-corrected chi connectivity index (χ1v) is 12.3. The Morgan fingerprint density at radius 2 is 1.48 bits per heavy atom. The molecule has 3 heterocycles. The number of thiophene rings is 2. The highest BCUT2D eigenvalue weighted by molar-refractivity contribution is 7.26. The van der Waals surface area contributed by atoms with Crippen molar-refractivity contribution in [1.82, 2.24) is 4.57 Å². The van der Waals surface area contributed by atoms with Crippen LogP contribution in [0.1, 0.15) is 16.9 Å². The molecule has 0 radical (unpaired) electrons. The number of fused-ring (bicyclic) bond motifs is 7. The van der Waals surface area contributed by atoms with Gasteiger partial charge in [-0.25, -0.2) is 0 Å². The predicted octanol–water partition coefficient (Wildman–Crippen LogP) is 8.69. The maximum absolute atomic E-state index is 2.54. The Hall–Kier alpha value is -3.14. The van der Waals surface area contributed by atoms with Gasteiger partial charge in [0, 0.05) is 31.3 Å². The first kappa shape index (κ1) is 17.5. The Morgan fingerprint density at radius 3 is 2.42 bits per heavy atom. The Balaban J connectivity index is 1.67. The average Bonchev–Trinajstić information content (AvgIpc) is 3.46. The summed E-state index contributed by atoms with van der Waals surface area (Å²) in [4.78, 5) is 4.26. The molecule has 3 heteroatoms. The standard InChI is InChI=1S/C28H19NS2/c1-2-10-18(11-3-1)19-12-4-7-15-22(19)29-27-25(20-13-5-8-16-23(20)30-27)26-21-14-6-9-17-24(21)31-28(26)29/h1-8,10-16H,9,17H2. The summed E-state index contributed by atoms with van der Waals surface area (Å²) in [7, 11) is 0. The van der Waals surface area contributed by atoms with E-state index in [1.807, 2.05) is 22.7 Å². The predicted molar refractivity (Wildman–Crippen MR) is 137 cm³/mol. The third-order valence-corrected chi connectivity index (χ3v) is 8.70. The van der Waals surface area contributed by atoms with Crippen LogP contribution in [-0.4, -0.2) is 4.57 Å². The van der Waals surface area contributed by atoms with Gasteiger partial charge in [-0.2, -0.15) is 0 Å². The largest absolute Gasteiger partial charge is 0.291 e. The molecular formula is C28H19NS2. The number of hydrogen-bond acceptors (Lipinski definition) is 2. The molecule has 3 aromatic heterocycles. The Kier molecular flexibility index (Phi) is 3.78. The van der Waals surface area contributed by atoms with E-state index >= 15 is 0 Å². The number of aryl methyl sites for hydroxylation is 1. The first-order chi connectivity index (χ1) is 15.4. The number of nitrogens with zero attached hydrogens (tertiary/aromatic N) is 1. The Bertz CT molecular complexity index is 1630. The van der Waals surface area contributed by atoms with Gasteiger partial charge in [-0.1, -0.05) is 78.9 Å². The second-order valence-electron chi connectivity index (χ2n) is 8.06. The molecule has 6 aromatic rings. The normalized spacial score (nSPS) is 13.4. The summed E-state index contributed by atoms with van der Waals surface area (Å²) >= 11 is 3.90. The number of para-hydroxylation sites is 1. The molecule has 0 bridgehead atoms. The van der Waals surface area contributed by atoms with Crippen LogP contribution in [-0.2, 0) is 6.42 Å². The molecule has 0 saturated heterocycles. The Morgan fingerprint density at radius 1 is 0.710 bits per heavy atom. The van der Waals surface area contributed by atoms with Crippen LogP contribution in [0.15, 0.2) is 84.9 Å². The molecule has 1 aliphatic rings. The van der Waals surface area contributed by atoms with Crippen molar-refractivity contribution in [3.8, 4) is 16.8 Å². The molecule has 0 N–H and O–H groups in total. The maximum Gasteiger partial charge on any atom is 0.110 e. The molecule has 7 rings (SSSR count). The summed E-state index contributed by atoms with van der Waals surface area (Å²) in [6.07, 6.45) is 6.99. The van der Waals surface area contributed by atoms with Crippen LogP contribution < -0.4 is 0 Å². The average molecular weight is 434 g/mol. The van der Waals surface area contributed by atoms with Crippen LogP contribution in [0.2, 0.25) is 0 Å². The lowest BCUT2D eigenvalue weighted by Gasteiger charge is -2.12. The van der Waals surface area contributed by atoms with Gasteiger partial charge in [0.25, 0.3) is 0 Å². The van der Waals surface area contributed by atoms with Crippen molar-refractivity contribution in [1.29, 1.82) is 0 Å². The maximum atomic E-state index is 2.54. The SMILES string of the molecule is C1=Cc2c(sc3c2c2c4ccccc4sc2n3-c2ccccc2-c2ccccc2)CC1. The van der Waals surface area contributed by atoms with Crippen molar-refractivity contribution in [3.63, 3.8) is 0 Å². The smallest absolute Gasteiger partial charge is 0.110 e. The van der Waals surface area contributed by atoms with Crippen LogP contribution in [0.3, 0.4) is 0 Å². The van der Waals surface area contributed by atoms with Crippen LogP contribution in [0.4, 0.5) is 0 Å². The van der Waals surface area contributed by atoms with E-state index in [9.17, 15) is 0 Å². The molecule has 0 fully saturated rings. The van der Waals surface area contributed by atoms with E-state index in [0.29, 0.717) is 0 Å². The van der Waals surface area contributed by atoms with Gasteiger partial charge < -0.3 is 0 Å². The number of hydrogen-bond donors (Lipinski definition) is 0. The molecule has 0 saturated carbocycles. The minimum atomic E-state index is 1.14. The molecule has 1 nitrogen and oxygen atoms in total. The van der Waals surface area contributed by atoms with Gasteiger partial charge in [-0.3, -0.25) is 4.57 Å². The van der Waals surface area contributed by atoms with Gasteiger partial charge in [0.2, 0.25) is 0 Å². The number of rotatable bonds is 2. The zero-order chi connectivity index (χ0) is 20.4. The first-order valence-electron chi connectivity index (χ1n) is 10.7. The third-order valence-electron chi connectivity index (χ3n) is 6.29. The molecule has 0 spiro atoms. The van der Waals surface area contributed by atoms with Crippen molar-refractivity contribution in [2.75, 3.05) is 0 Å². The molecule has 0 aliphatic heterocycles. The van der Waals surface area contributed by atoms with Gasteiger partial charge in [0.1, 0.15) is 9.66 Å². The third kappa shape index (κ3) is 2.48. The highest BCUT2D eigenvalue weighted by atomic mass is 32.1. The lowest BCUT2D eigenvalue weighted by molar-refractivity contribution is 1.02. The molecule has 3 aromatic carbocycles. The molecule has 31 heavy (non-hydrogen) atoms. The van der Waals surface area contributed by atoms with Crippen LogP contribution in [0.25, 0.3) is 53.4 Å². The van der Waals surface area contributed by atoms with E-state index in [0.717, 1.165) is 12.8 Å². The van der Waals surface area contributed by atoms with Gasteiger partial charge >= 0.3 is 0 Å². The van der Waals surface area contributed by atoms with Gasteiger partial charge in [0.15, 0.2) is 0 Å². The van der Waals surface area contributed by atoms with Crippen LogP contribution in [0.5, 0.6) is 0 Å². The van der Waals surface area contributed by atoms with Crippen molar-refractivity contribution in [3.05, 3.63) is 95.4 Å². The summed E-state index contributed by atoms with van der Waals surface area (Å²) in [6, 6.07) is 28.5. The zero-order valence-electron chi connectivity index (χ0n) is 16.8. The quantitative estimate of drug-likeness (QED) is 0.257. The fourth-order valence-electron chi connectivity index (χ4n) is 4.93. The monoisotopic (exact) mass is 433 g/mol. The van der Waals surface area contributed by atoms with Gasteiger partial charge in [-0.15, -0.1) is 22.7 Å². The fourth-order valence-corrected chi connectivity index (χ4v) is 7.54. The van der Waals surface area contributed by atoms with E-state index in [4.69, 9.17) is 0 Å². The van der Waals surface area contributed by atoms with Crippen molar-refractivity contribution < 1.29 is 0 Å². The summed E-state index contributed by atoms with van der Waals surface area (Å²) in [5.74, 6) is 0. The summed E-state index contributed by atoms with van der Waals surface area (Å²) in [6.45, 7) is 0. The number of aromatic nitrogens is 1. The molecule has 148 valence electrons. The fraction of sp³-hybridized carbons (Fsp3) is 0.0714. The second-order valence-corrected chi connectivity index (χ2v) is 10.2. The van der Waals surface area contributed by atoms with Crippen molar-refractivity contribution >= 4 is 59.3 Å². The minimum Gasteiger partial charge on any atom is -0.291 e.